The molecular weight excluding hydrogens is 220 g/mol. The second kappa shape index (κ2) is 4.48. The van der Waals surface area contributed by atoms with Gasteiger partial charge in [0.2, 0.25) is 11.8 Å². The molecule has 0 radical (unpaired) electrons. The molecule has 2 heterocycles. The summed E-state index contributed by atoms with van der Waals surface area (Å²) < 4.78 is 0. The summed E-state index contributed by atoms with van der Waals surface area (Å²) in [5, 5.41) is 2.54. The lowest BCUT2D eigenvalue weighted by molar-refractivity contribution is -0.145. The number of carbonyl (C=O) groups excluding carboxylic acids is 2. The molecule has 17 heavy (non-hydrogen) atoms. The smallest absolute Gasteiger partial charge is 0.242 e. The molecule has 2 rings (SSSR count). The number of carbonyl (C=O) groups is 2. The molecular formula is C11H14N4O2. The molecule has 90 valence electrons. The van der Waals surface area contributed by atoms with Crippen LogP contribution in [0.5, 0.6) is 0 Å². The van der Waals surface area contributed by atoms with Crippen LogP contribution in [0.15, 0.2) is 12.4 Å². The van der Waals surface area contributed by atoms with E-state index in [0.29, 0.717) is 12.2 Å². The van der Waals surface area contributed by atoms with E-state index in [1.54, 1.807) is 19.3 Å². The lowest BCUT2D eigenvalue weighted by atomic mass is 10.2. The van der Waals surface area contributed by atoms with Crippen molar-refractivity contribution in [1.29, 1.82) is 0 Å². The predicted octanol–water partition coefficient (Wildman–Crippen LogP) is -0.368. The molecule has 1 saturated heterocycles. The number of aryl methyl sites for hydroxylation is 1. The normalized spacial score (nSPS) is 20.4. The second-order valence-corrected chi connectivity index (χ2v) is 4.06. The van der Waals surface area contributed by atoms with Crippen molar-refractivity contribution in [3.63, 3.8) is 0 Å². The first-order chi connectivity index (χ1) is 8.08. The number of piperazine rings is 1. The third-order valence-corrected chi connectivity index (χ3v) is 2.75. The SMILES string of the molecule is Cc1cnc(CN2C(=O)CNC(=O)C2C)cn1. The van der Waals surface area contributed by atoms with Crippen molar-refractivity contribution in [3.05, 3.63) is 23.8 Å². The summed E-state index contributed by atoms with van der Waals surface area (Å²) in [5.74, 6) is -0.232. The number of aromatic nitrogens is 2. The summed E-state index contributed by atoms with van der Waals surface area (Å²) in [6.07, 6.45) is 3.27. The summed E-state index contributed by atoms with van der Waals surface area (Å²) in [6, 6.07) is -0.459. The zero-order chi connectivity index (χ0) is 12.4. The van der Waals surface area contributed by atoms with Crippen molar-refractivity contribution in [2.75, 3.05) is 6.54 Å². The summed E-state index contributed by atoms with van der Waals surface area (Å²) in [4.78, 5) is 32.9. The highest BCUT2D eigenvalue weighted by molar-refractivity contribution is 5.94. The van der Waals surface area contributed by atoms with Crippen LogP contribution in [-0.2, 0) is 16.1 Å². The maximum Gasteiger partial charge on any atom is 0.242 e. The Hall–Kier alpha value is -1.98. The van der Waals surface area contributed by atoms with E-state index < -0.39 is 6.04 Å². The van der Waals surface area contributed by atoms with Crippen molar-refractivity contribution in [1.82, 2.24) is 20.2 Å². The Labute approximate surface area is 99.1 Å². The Morgan fingerprint density at radius 2 is 2.18 bits per heavy atom. The zero-order valence-corrected chi connectivity index (χ0v) is 9.80. The molecule has 2 amide bonds. The largest absolute Gasteiger partial charge is 0.345 e. The van der Waals surface area contributed by atoms with Gasteiger partial charge in [0.1, 0.15) is 6.04 Å². The van der Waals surface area contributed by atoms with Gasteiger partial charge in [-0.05, 0) is 13.8 Å². The summed E-state index contributed by atoms with van der Waals surface area (Å²) >= 11 is 0. The highest BCUT2D eigenvalue weighted by atomic mass is 16.2. The van der Waals surface area contributed by atoms with Crippen LogP contribution >= 0.6 is 0 Å². The lowest BCUT2D eigenvalue weighted by Crippen LogP contribution is -2.56. The average Bonchev–Trinajstić information content (AvgIpc) is 2.32. The number of nitrogens with one attached hydrogen (secondary N) is 1. The minimum absolute atomic E-state index is 0.0580. The fourth-order valence-electron chi connectivity index (χ4n) is 1.67. The lowest BCUT2D eigenvalue weighted by Gasteiger charge is -2.32. The van der Waals surface area contributed by atoms with E-state index in [9.17, 15) is 9.59 Å². The van der Waals surface area contributed by atoms with Crippen LogP contribution in [0, 0.1) is 6.92 Å². The Kier molecular flexibility index (Phi) is 3.03. The van der Waals surface area contributed by atoms with Gasteiger partial charge in [-0.1, -0.05) is 0 Å². The van der Waals surface area contributed by atoms with Gasteiger partial charge in [-0.3, -0.25) is 19.6 Å². The third-order valence-electron chi connectivity index (χ3n) is 2.75. The Morgan fingerprint density at radius 1 is 1.41 bits per heavy atom. The van der Waals surface area contributed by atoms with Crippen molar-refractivity contribution in [3.8, 4) is 0 Å². The summed E-state index contributed by atoms with van der Waals surface area (Å²) in [7, 11) is 0. The quantitative estimate of drug-likeness (QED) is 0.757. The van der Waals surface area contributed by atoms with Crippen molar-refractivity contribution in [2.45, 2.75) is 26.4 Å². The fourth-order valence-corrected chi connectivity index (χ4v) is 1.67. The molecule has 6 nitrogen and oxygen atoms in total. The van der Waals surface area contributed by atoms with Crippen LogP contribution in [0.1, 0.15) is 18.3 Å². The van der Waals surface area contributed by atoms with Gasteiger partial charge in [-0.2, -0.15) is 0 Å². The topological polar surface area (TPSA) is 75.2 Å². The van der Waals surface area contributed by atoms with Gasteiger partial charge in [-0.15, -0.1) is 0 Å². The molecule has 1 fully saturated rings. The first-order valence-corrected chi connectivity index (χ1v) is 5.42. The van der Waals surface area contributed by atoms with E-state index in [2.05, 4.69) is 15.3 Å². The number of hydrogen-bond acceptors (Lipinski definition) is 4. The van der Waals surface area contributed by atoms with E-state index >= 15 is 0 Å². The molecule has 1 aromatic heterocycles. The molecule has 6 heteroatoms. The van der Waals surface area contributed by atoms with Gasteiger partial charge >= 0.3 is 0 Å². The maximum atomic E-state index is 11.7. The van der Waals surface area contributed by atoms with Gasteiger partial charge in [0, 0.05) is 6.20 Å². The molecule has 1 aromatic rings. The van der Waals surface area contributed by atoms with E-state index in [-0.39, 0.29) is 18.4 Å². The molecule has 0 bridgehead atoms. The first-order valence-electron chi connectivity index (χ1n) is 5.42. The van der Waals surface area contributed by atoms with E-state index in [1.807, 2.05) is 6.92 Å². The minimum Gasteiger partial charge on any atom is -0.345 e. The molecule has 1 unspecified atom stereocenters. The number of nitrogens with zero attached hydrogens (tertiary/aromatic N) is 3. The zero-order valence-electron chi connectivity index (χ0n) is 9.80. The Balaban J connectivity index is 2.13. The van der Waals surface area contributed by atoms with Crippen LogP contribution in [0.25, 0.3) is 0 Å². The highest BCUT2D eigenvalue weighted by Gasteiger charge is 2.30. The highest BCUT2D eigenvalue weighted by Crippen LogP contribution is 2.09. The van der Waals surface area contributed by atoms with Gasteiger partial charge < -0.3 is 10.2 Å². The molecule has 1 aliphatic heterocycles. The summed E-state index contributed by atoms with van der Waals surface area (Å²) in [5.41, 5.74) is 1.51. The van der Waals surface area contributed by atoms with Crippen LogP contribution in [0.4, 0.5) is 0 Å². The first kappa shape index (κ1) is 11.5. The van der Waals surface area contributed by atoms with E-state index in [4.69, 9.17) is 0 Å². The van der Waals surface area contributed by atoms with Gasteiger partial charge in [-0.25, -0.2) is 0 Å². The molecule has 1 N–H and O–H groups in total. The maximum absolute atomic E-state index is 11.7. The molecule has 0 aliphatic carbocycles. The summed E-state index contributed by atoms with van der Waals surface area (Å²) in [6.45, 7) is 3.93. The van der Waals surface area contributed by atoms with Crippen LogP contribution < -0.4 is 5.32 Å². The Bertz CT molecular complexity index is 443. The van der Waals surface area contributed by atoms with Crippen molar-refractivity contribution < 1.29 is 9.59 Å². The van der Waals surface area contributed by atoms with Crippen LogP contribution in [0.2, 0.25) is 0 Å². The van der Waals surface area contributed by atoms with E-state index in [1.165, 1.54) is 4.90 Å². The number of hydrogen-bond donors (Lipinski definition) is 1. The second-order valence-electron chi connectivity index (χ2n) is 4.06. The van der Waals surface area contributed by atoms with Crippen LogP contribution in [-0.4, -0.2) is 39.3 Å². The van der Waals surface area contributed by atoms with Crippen LogP contribution in [0.3, 0.4) is 0 Å². The monoisotopic (exact) mass is 234 g/mol. The Morgan fingerprint density at radius 3 is 2.82 bits per heavy atom. The third kappa shape index (κ3) is 2.41. The van der Waals surface area contributed by atoms with Crippen molar-refractivity contribution in [2.24, 2.45) is 0 Å². The number of rotatable bonds is 2. The fraction of sp³-hybridized carbons (Fsp3) is 0.455. The van der Waals surface area contributed by atoms with Gasteiger partial charge in [0.15, 0.2) is 0 Å². The van der Waals surface area contributed by atoms with E-state index in [0.717, 1.165) is 5.69 Å². The molecule has 0 spiro atoms. The van der Waals surface area contributed by atoms with Crippen molar-refractivity contribution >= 4 is 11.8 Å². The van der Waals surface area contributed by atoms with Gasteiger partial charge in [0.05, 0.1) is 30.7 Å². The standard InChI is InChI=1S/C11H14N4O2/c1-7-3-13-9(4-12-7)6-15-8(2)11(17)14-5-10(15)16/h3-4,8H,5-6H2,1-2H3,(H,14,17). The predicted molar refractivity (Wildman–Crippen MR) is 59.8 cm³/mol. The minimum atomic E-state index is -0.459. The molecule has 1 atom stereocenters. The number of amides is 2. The average molecular weight is 234 g/mol. The molecule has 1 aliphatic rings. The molecule has 0 aromatic carbocycles. The van der Waals surface area contributed by atoms with Gasteiger partial charge in [0.25, 0.3) is 0 Å². The molecule has 0 saturated carbocycles.